The maximum atomic E-state index is 11.9. The van der Waals surface area contributed by atoms with E-state index in [4.69, 9.17) is 14.2 Å². The Bertz CT molecular complexity index is 670. The highest BCUT2D eigenvalue weighted by molar-refractivity contribution is 5.77. The molecule has 0 saturated heterocycles. The van der Waals surface area contributed by atoms with Crippen LogP contribution in [0, 0.1) is 6.92 Å². The SMILES string of the molecule is COc1cccc(OCC(=O)NCc2cccc(C)c2)c1OC. The van der Waals surface area contributed by atoms with E-state index in [1.807, 2.05) is 31.2 Å². The fourth-order valence-electron chi connectivity index (χ4n) is 2.19. The highest BCUT2D eigenvalue weighted by Crippen LogP contribution is 2.36. The molecule has 5 heteroatoms. The number of hydrogen-bond donors (Lipinski definition) is 1. The van der Waals surface area contributed by atoms with Crippen LogP contribution in [0.25, 0.3) is 0 Å². The molecule has 0 aliphatic carbocycles. The molecule has 0 atom stereocenters. The molecule has 2 rings (SSSR count). The van der Waals surface area contributed by atoms with Crippen LogP contribution >= 0.6 is 0 Å². The number of amides is 1. The van der Waals surface area contributed by atoms with Gasteiger partial charge in [-0.2, -0.15) is 0 Å². The summed E-state index contributed by atoms with van der Waals surface area (Å²) < 4.78 is 16.0. The van der Waals surface area contributed by atoms with Crippen molar-refractivity contribution in [1.82, 2.24) is 5.32 Å². The lowest BCUT2D eigenvalue weighted by molar-refractivity contribution is -0.123. The van der Waals surface area contributed by atoms with Crippen LogP contribution in [0.5, 0.6) is 17.2 Å². The summed E-state index contributed by atoms with van der Waals surface area (Å²) in [5.74, 6) is 1.31. The van der Waals surface area contributed by atoms with Gasteiger partial charge >= 0.3 is 0 Å². The van der Waals surface area contributed by atoms with Crippen molar-refractivity contribution in [1.29, 1.82) is 0 Å². The average molecular weight is 315 g/mol. The van der Waals surface area contributed by atoms with E-state index >= 15 is 0 Å². The molecule has 2 aromatic rings. The van der Waals surface area contributed by atoms with Gasteiger partial charge in [0.2, 0.25) is 5.75 Å². The first kappa shape index (κ1) is 16.7. The Kier molecular flexibility index (Phi) is 5.86. The molecule has 122 valence electrons. The minimum atomic E-state index is -0.198. The summed E-state index contributed by atoms with van der Waals surface area (Å²) in [6.07, 6.45) is 0. The summed E-state index contributed by atoms with van der Waals surface area (Å²) in [6.45, 7) is 2.40. The lowest BCUT2D eigenvalue weighted by Gasteiger charge is -2.13. The van der Waals surface area contributed by atoms with Crippen LogP contribution in [0.15, 0.2) is 42.5 Å². The second-order valence-corrected chi connectivity index (χ2v) is 5.05. The monoisotopic (exact) mass is 315 g/mol. The fraction of sp³-hybridized carbons (Fsp3) is 0.278. The number of benzene rings is 2. The first-order valence-corrected chi connectivity index (χ1v) is 7.30. The average Bonchev–Trinajstić information content (AvgIpc) is 2.57. The molecule has 0 fully saturated rings. The van der Waals surface area contributed by atoms with Crippen molar-refractivity contribution in [3.05, 3.63) is 53.6 Å². The molecule has 2 aromatic carbocycles. The predicted octanol–water partition coefficient (Wildman–Crippen LogP) is 2.71. The molecule has 0 aliphatic rings. The normalized spacial score (nSPS) is 10.0. The number of nitrogens with one attached hydrogen (secondary N) is 1. The van der Waals surface area contributed by atoms with Gasteiger partial charge in [0.25, 0.3) is 5.91 Å². The Balaban J connectivity index is 1.89. The number of carbonyl (C=O) groups is 1. The van der Waals surface area contributed by atoms with Crippen molar-refractivity contribution in [2.45, 2.75) is 13.5 Å². The van der Waals surface area contributed by atoms with E-state index in [1.54, 1.807) is 25.3 Å². The van der Waals surface area contributed by atoms with Crippen LogP contribution in [-0.4, -0.2) is 26.7 Å². The lowest BCUT2D eigenvalue weighted by Crippen LogP contribution is -2.28. The largest absolute Gasteiger partial charge is 0.493 e. The maximum Gasteiger partial charge on any atom is 0.258 e. The summed E-state index contributed by atoms with van der Waals surface area (Å²) in [7, 11) is 3.08. The molecule has 0 aromatic heterocycles. The molecule has 0 aliphatic heterocycles. The first-order chi connectivity index (χ1) is 11.1. The summed E-state index contributed by atoms with van der Waals surface area (Å²) in [4.78, 5) is 11.9. The van der Waals surface area contributed by atoms with Gasteiger partial charge in [0.05, 0.1) is 14.2 Å². The molecular formula is C18H21NO4. The van der Waals surface area contributed by atoms with Gasteiger partial charge in [0, 0.05) is 6.54 Å². The third-order valence-electron chi connectivity index (χ3n) is 3.30. The van der Waals surface area contributed by atoms with Crippen LogP contribution in [0.1, 0.15) is 11.1 Å². The molecule has 1 amide bonds. The molecule has 1 N–H and O–H groups in total. The number of aryl methyl sites for hydroxylation is 1. The molecule has 5 nitrogen and oxygen atoms in total. The number of para-hydroxylation sites is 1. The number of hydrogen-bond acceptors (Lipinski definition) is 4. The van der Waals surface area contributed by atoms with E-state index in [-0.39, 0.29) is 12.5 Å². The molecular weight excluding hydrogens is 294 g/mol. The smallest absolute Gasteiger partial charge is 0.258 e. The van der Waals surface area contributed by atoms with Gasteiger partial charge in [0.15, 0.2) is 18.1 Å². The number of rotatable bonds is 7. The number of carbonyl (C=O) groups excluding carboxylic acids is 1. The Hall–Kier alpha value is -2.69. The van der Waals surface area contributed by atoms with Gasteiger partial charge in [-0.25, -0.2) is 0 Å². The molecule has 0 spiro atoms. The van der Waals surface area contributed by atoms with Gasteiger partial charge in [-0.1, -0.05) is 35.9 Å². The van der Waals surface area contributed by atoms with Gasteiger partial charge in [-0.3, -0.25) is 4.79 Å². The highest BCUT2D eigenvalue weighted by Gasteiger charge is 2.12. The molecule has 0 unspecified atom stereocenters. The second kappa shape index (κ2) is 8.08. The summed E-state index contributed by atoms with van der Waals surface area (Å²) in [6, 6.07) is 13.3. The van der Waals surface area contributed by atoms with Crippen LogP contribution in [0.2, 0.25) is 0 Å². The van der Waals surface area contributed by atoms with E-state index in [0.29, 0.717) is 23.8 Å². The van der Waals surface area contributed by atoms with Crippen molar-refractivity contribution in [2.24, 2.45) is 0 Å². The Morgan fingerprint density at radius 3 is 2.48 bits per heavy atom. The van der Waals surface area contributed by atoms with Crippen molar-refractivity contribution in [3.8, 4) is 17.2 Å². The van der Waals surface area contributed by atoms with Crippen LogP contribution in [0.3, 0.4) is 0 Å². The minimum Gasteiger partial charge on any atom is -0.493 e. The Labute approximate surface area is 136 Å². The second-order valence-electron chi connectivity index (χ2n) is 5.05. The van der Waals surface area contributed by atoms with Crippen molar-refractivity contribution < 1.29 is 19.0 Å². The van der Waals surface area contributed by atoms with E-state index in [1.165, 1.54) is 7.11 Å². The zero-order chi connectivity index (χ0) is 16.7. The molecule has 0 saturated carbocycles. The van der Waals surface area contributed by atoms with E-state index < -0.39 is 0 Å². The van der Waals surface area contributed by atoms with Crippen molar-refractivity contribution in [2.75, 3.05) is 20.8 Å². The van der Waals surface area contributed by atoms with Crippen molar-refractivity contribution >= 4 is 5.91 Å². The molecule has 23 heavy (non-hydrogen) atoms. The predicted molar refractivity (Wildman–Crippen MR) is 88.1 cm³/mol. The van der Waals surface area contributed by atoms with Crippen LogP contribution < -0.4 is 19.5 Å². The fourth-order valence-corrected chi connectivity index (χ4v) is 2.19. The third kappa shape index (κ3) is 4.64. The quantitative estimate of drug-likeness (QED) is 0.853. The molecule has 0 bridgehead atoms. The standard InChI is InChI=1S/C18H21NO4/c1-13-6-4-7-14(10-13)11-19-17(20)12-23-16-9-5-8-15(21-2)18(16)22-3/h4-10H,11-12H2,1-3H3,(H,19,20). The topological polar surface area (TPSA) is 56.8 Å². The van der Waals surface area contributed by atoms with Crippen LogP contribution in [-0.2, 0) is 11.3 Å². The summed E-state index contributed by atoms with van der Waals surface area (Å²) in [5, 5.41) is 2.83. The maximum absolute atomic E-state index is 11.9. The summed E-state index contributed by atoms with van der Waals surface area (Å²) >= 11 is 0. The zero-order valence-electron chi connectivity index (χ0n) is 13.6. The Morgan fingerprint density at radius 1 is 1.04 bits per heavy atom. The lowest BCUT2D eigenvalue weighted by atomic mass is 10.1. The Morgan fingerprint density at radius 2 is 1.78 bits per heavy atom. The van der Waals surface area contributed by atoms with Gasteiger partial charge in [-0.05, 0) is 24.6 Å². The molecule has 0 radical (unpaired) electrons. The number of ether oxygens (including phenoxy) is 3. The third-order valence-corrected chi connectivity index (χ3v) is 3.30. The first-order valence-electron chi connectivity index (χ1n) is 7.30. The van der Waals surface area contributed by atoms with Gasteiger partial charge in [-0.15, -0.1) is 0 Å². The van der Waals surface area contributed by atoms with Crippen molar-refractivity contribution in [3.63, 3.8) is 0 Å². The van der Waals surface area contributed by atoms with E-state index in [9.17, 15) is 4.79 Å². The van der Waals surface area contributed by atoms with Gasteiger partial charge in [0.1, 0.15) is 0 Å². The number of methoxy groups -OCH3 is 2. The van der Waals surface area contributed by atoms with E-state index in [2.05, 4.69) is 5.32 Å². The van der Waals surface area contributed by atoms with Crippen LogP contribution in [0.4, 0.5) is 0 Å². The minimum absolute atomic E-state index is 0.0880. The van der Waals surface area contributed by atoms with Gasteiger partial charge < -0.3 is 19.5 Å². The highest BCUT2D eigenvalue weighted by atomic mass is 16.5. The zero-order valence-corrected chi connectivity index (χ0v) is 13.6. The van der Waals surface area contributed by atoms with E-state index in [0.717, 1.165) is 11.1 Å². The summed E-state index contributed by atoms with van der Waals surface area (Å²) in [5.41, 5.74) is 2.21. The molecule has 0 heterocycles.